The van der Waals surface area contributed by atoms with Crippen LogP contribution >= 0.6 is 0 Å². The quantitative estimate of drug-likeness (QED) is 0.675. The normalized spacial score (nSPS) is 20.9. The number of benzene rings is 2. The SMILES string of the molecule is CCC[C@@]1([C@H](C)/C=C/c2ccccc2C)N=C(c2ccccc2)OC1=O. The lowest BCUT2D eigenvalue weighted by atomic mass is 9.81. The summed E-state index contributed by atoms with van der Waals surface area (Å²) >= 11 is 0. The van der Waals surface area contributed by atoms with Gasteiger partial charge in [0.25, 0.3) is 0 Å². The van der Waals surface area contributed by atoms with E-state index >= 15 is 0 Å². The average Bonchev–Trinajstić information content (AvgIpc) is 2.99. The van der Waals surface area contributed by atoms with Crippen molar-refractivity contribution in [2.24, 2.45) is 10.9 Å². The Balaban J connectivity index is 1.93. The maximum Gasteiger partial charge on any atom is 0.341 e. The maximum atomic E-state index is 12.8. The predicted octanol–water partition coefficient (Wildman–Crippen LogP) is 5.19. The molecule has 0 spiro atoms. The number of rotatable bonds is 6. The molecule has 0 N–H and O–H groups in total. The number of carbonyl (C=O) groups is 1. The van der Waals surface area contributed by atoms with Gasteiger partial charge >= 0.3 is 5.97 Å². The summed E-state index contributed by atoms with van der Waals surface area (Å²) < 4.78 is 5.59. The summed E-state index contributed by atoms with van der Waals surface area (Å²) in [6.45, 7) is 6.20. The van der Waals surface area contributed by atoms with Crippen molar-refractivity contribution in [2.75, 3.05) is 0 Å². The van der Waals surface area contributed by atoms with E-state index in [1.807, 2.05) is 49.4 Å². The van der Waals surface area contributed by atoms with Gasteiger partial charge in [-0.3, -0.25) is 0 Å². The van der Waals surface area contributed by atoms with Gasteiger partial charge in [0.1, 0.15) is 0 Å². The molecule has 1 heterocycles. The highest BCUT2D eigenvalue weighted by molar-refractivity contribution is 6.08. The molecule has 0 bridgehead atoms. The number of hydrogen-bond donors (Lipinski definition) is 0. The van der Waals surface area contributed by atoms with Crippen molar-refractivity contribution in [1.29, 1.82) is 0 Å². The van der Waals surface area contributed by atoms with Crippen molar-refractivity contribution in [2.45, 2.75) is 39.2 Å². The molecule has 3 nitrogen and oxygen atoms in total. The number of aliphatic imine (C=N–C) groups is 1. The van der Waals surface area contributed by atoms with E-state index in [1.54, 1.807) is 0 Å². The highest BCUT2D eigenvalue weighted by Gasteiger charge is 2.48. The lowest BCUT2D eigenvalue weighted by Gasteiger charge is -2.26. The second-order valence-corrected chi connectivity index (χ2v) is 6.85. The second-order valence-electron chi connectivity index (χ2n) is 6.85. The number of ether oxygens (including phenoxy) is 1. The van der Waals surface area contributed by atoms with E-state index in [0.717, 1.165) is 17.5 Å². The smallest absolute Gasteiger partial charge is 0.341 e. The number of cyclic esters (lactones) is 1. The third kappa shape index (κ3) is 3.48. The third-order valence-electron chi connectivity index (χ3n) is 5.00. The lowest BCUT2D eigenvalue weighted by molar-refractivity contribution is -0.140. The van der Waals surface area contributed by atoms with Crippen LogP contribution in [0.3, 0.4) is 0 Å². The van der Waals surface area contributed by atoms with Gasteiger partial charge in [-0.2, -0.15) is 0 Å². The molecule has 1 aliphatic heterocycles. The fourth-order valence-electron chi connectivity index (χ4n) is 3.37. The topological polar surface area (TPSA) is 38.7 Å². The monoisotopic (exact) mass is 347 g/mol. The van der Waals surface area contributed by atoms with E-state index in [9.17, 15) is 4.79 Å². The summed E-state index contributed by atoms with van der Waals surface area (Å²) in [5.74, 6) is 0.121. The molecule has 2 aromatic rings. The Bertz CT molecular complexity index is 838. The first-order valence-electron chi connectivity index (χ1n) is 9.18. The molecule has 2 aromatic carbocycles. The first kappa shape index (κ1) is 18.1. The van der Waals surface area contributed by atoms with E-state index in [1.165, 1.54) is 5.56 Å². The van der Waals surface area contributed by atoms with Crippen LogP contribution in [0.15, 0.2) is 65.7 Å². The maximum absolute atomic E-state index is 12.8. The molecule has 26 heavy (non-hydrogen) atoms. The average molecular weight is 347 g/mol. The summed E-state index contributed by atoms with van der Waals surface area (Å²) in [6.07, 6.45) is 5.70. The fraction of sp³-hybridized carbons (Fsp3) is 0.304. The van der Waals surface area contributed by atoms with Crippen LogP contribution in [0.5, 0.6) is 0 Å². The summed E-state index contributed by atoms with van der Waals surface area (Å²) in [6, 6.07) is 17.8. The van der Waals surface area contributed by atoms with Gasteiger partial charge in [-0.1, -0.05) is 74.9 Å². The molecular weight excluding hydrogens is 322 g/mol. The van der Waals surface area contributed by atoms with Crippen LogP contribution in [0, 0.1) is 12.8 Å². The van der Waals surface area contributed by atoms with Crippen LogP contribution in [0.1, 0.15) is 43.4 Å². The minimum absolute atomic E-state index is 0.0595. The number of nitrogens with zero attached hydrogens (tertiary/aromatic N) is 1. The molecule has 2 atom stereocenters. The number of aryl methyl sites for hydroxylation is 1. The molecular formula is C23H25NO2. The Morgan fingerprint density at radius 2 is 1.81 bits per heavy atom. The molecule has 0 radical (unpaired) electrons. The standard InChI is InChI=1S/C23H25NO2/c1-4-16-23(18(3)14-15-19-11-9-8-10-17(19)2)22(25)26-21(24-23)20-12-6-5-7-13-20/h5-15,18H,4,16H2,1-3H3/b15-14+/t18-,23+/m1/s1. The molecule has 3 rings (SSSR count). The highest BCUT2D eigenvalue weighted by atomic mass is 16.6. The van der Waals surface area contributed by atoms with Crippen molar-refractivity contribution >= 4 is 17.9 Å². The second kappa shape index (κ2) is 7.69. The number of hydrogen-bond acceptors (Lipinski definition) is 3. The fourth-order valence-corrected chi connectivity index (χ4v) is 3.37. The molecule has 0 saturated heterocycles. The van der Waals surface area contributed by atoms with Gasteiger partial charge in [0.05, 0.1) is 0 Å². The Morgan fingerprint density at radius 1 is 1.12 bits per heavy atom. The van der Waals surface area contributed by atoms with Crippen molar-refractivity contribution in [3.8, 4) is 0 Å². The van der Waals surface area contributed by atoms with E-state index in [0.29, 0.717) is 12.3 Å². The van der Waals surface area contributed by atoms with Crippen LogP contribution in [0.25, 0.3) is 6.08 Å². The van der Waals surface area contributed by atoms with Crippen LogP contribution < -0.4 is 0 Å². The zero-order valence-electron chi connectivity index (χ0n) is 15.6. The molecule has 0 amide bonds. The Hall–Kier alpha value is -2.68. The molecule has 3 heteroatoms. The molecule has 0 saturated carbocycles. The third-order valence-corrected chi connectivity index (χ3v) is 5.00. The van der Waals surface area contributed by atoms with E-state index < -0.39 is 5.54 Å². The Kier molecular flexibility index (Phi) is 5.36. The minimum Gasteiger partial charge on any atom is -0.405 e. The van der Waals surface area contributed by atoms with Gasteiger partial charge in [-0.05, 0) is 36.6 Å². The Labute approximate surface area is 155 Å². The van der Waals surface area contributed by atoms with Crippen LogP contribution in [0.4, 0.5) is 0 Å². The molecule has 0 fully saturated rings. The van der Waals surface area contributed by atoms with Crippen LogP contribution in [-0.4, -0.2) is 17.4 Å². The lowest BCUT2D eigenvalue weighted by Crippen LogP contribution is -2.39. The Morgan fingerprint density at radius 3 is 2.50 bits per heavy atom. The summed E-state index contributed by atoms with van der Waals surface area (Å²) in [5, 5.41) is 0. The molecule has 0 aromatic heterocycles. The number of carbonyl (C=O) groups excluding carboxylic acids is 1. The first-order valence-corrected chi connectivity index (χ1v) is 9.18. The predicted molar refractivity (Wildman–Crippen MR) is 106 cm³/mol. The van der Waals surface area contributed by atoms with Crippen molar-refractivity contribution in [3.63, 3.8) is 0 Å². The van der Waals surface area contributed by atoms with E-state index in [2.05, 4.69) is 38.1 Å². The van der Waals surface area contributed by atoms with E-state index in [-0.39, 0.29) is 11.9 Å². The van der Waals surface area contributed by atoms with E-state index in [4.69, 9.17) is 9.73 Å². The zero-order chi connectivity index (χ0) is 18.6. The largest absolute Gasteiger partial charge is 0.405 e. The van der Waals surface area contributed by atoms with Gasteiger partial charge in [0.2, 0.25) is 5.90 Å². The molecule has 134 valence electrons. The molecule has 0 unspecified atom stereocenters. The van der Waals surface area contributed by atoms with Gasteiger partial charge in [0.15, 0.2) is 5.54 Å². The van der Waals surface area contributed by atoms with Crippen molar-refractivity contribution < 1.29 is 9.53 Å². The number of esters is 1. The van der Waals surface area contributed by atoms with Crippen molar-refractivity contribution in [3.05, 3.63) is 77.4 Å². The summed E-state index contributed by atoms with van der Waals surface area (Å²) in [7, 11) is 0. The molecule has 1 aliphatic rings. The molecule has 0 aliphatic carbocycles. The van der Waals surface area contributed by atoms with Crippen molar-refractivity contribution in [1.82, 2.24) is 0 Å². The van der Waals surface area contributed by atoms with Gasteiger partial charge in [-0.15, -0.1) is 0 Å². The first-order chi connectivity index (χ1) is 12.6. The highest BCUT2D eigenvalue weighted by Crippen LogP contribution is 2.36. The van der Waals surface area contributed by atoms with Crippen LogP contribution in [0.2, 0.25) is 0 Å². The zero-order valence-corrected chi connectivity index (χ0v) is 15.6. The summed E-state index contributed by atoms with van der Waals surface area (Å²) in [4.78, 5) is 17.6. The minimum atomic E-state index is -0.848. The van der Waals surface area contributed by atoms with Crippen LogP contribution in [-0.2, 0) is 9.53 Å². The van der Waals surface area contributed by atoms with Gasteiger partial charge < -0.3 is 4.74 Å². The summed E-state index contributed by atoms with van der Waals surface area (Å²) in [5.41, 5.74) is 2.36. The van der Waals surface area contributed by atoms with Gasteiger partial charge in [0, 0.05) is 11.5 Å². The van der Waals surface area contributed by atoms with Gasteiger partial charge in [-0.25, -0.2) is 9.79 Å².